The Morgan fingerprint density at radius 1 is 0.615 bits per heavy atom. The third-order valence-electron chi connectivity index (χ3n) is 2.52. The summed E-state index contributed by atoms with van der Waals surface area (Å²) in [7, 11) is 0. The molecule has 13 heavy (non-hydrogen) atoms. The summed E-state index contributed by atoms with van der Waals surface area (Å²) in [5.74, 6) is 0. The van der Waals surface area contributed by atoms with Crippen LogP contribution in [0.3, 0.4) is 0 Å². The van der Waals surface area contributed by atoms with Crippen molar-refractivity contribution < 1.29 is 0 Å². The summed E-state index contributed by atoms with van der Waals surface area (Å²) in [5, 5.41) is 0. The quantitative estimate of drug-likeness (QED) is 0.511. The van der Waals surface area contributed by atoms with Crippen LogP contribution in [0.4, 0.5) is 0 Å². The van der Waals surface area contributed by atoms with Gasteiger partial charge in [0.2, 0.25) is 0 Å². The van der Waals surface area contributed by atoms with Gasteiger partial charge < -0.3 is 0 Å². The van der Waals surface area contributed by atoms with Crippen molar-refractivity contribution >= 4 is 22.9 Å². The van der Waals surface area contributed by atoms with Crippen molar-refractivity contribution in [1.82, 2.24) is 0 Å². The molecule has 0 bridgehead atoms. The predicted molar refractivity (Wildman–Crippen MR) is 63.7 cm³/mol. The summed E-state index contributed by atoms with van der Waals surface area (Å²) in [6.45, 7) is 4.60. The van der Waals surface area contributed by atoms with E-state index in [2.05, 4.69) is 13.8 Å². The van der Waals surface area contributed by atoms with Crippen LogP contribution in [-0.2, 0) is 0 Å². The summed E-state index contributed by atoms with van der Waals surface area (Å²) in [6, 6.07) is 0. The molecule has 0 aromatic rings. The van der Waals surface area contributed by atoms with Crippen molar-refractivity contribution in [2.24, 2.45) is 0 Å². The van der Waals surface area contributed by atoms with E-state index in [1.165, 1.54) is 38.5 Å². The molecular formula is C12H26In. The molecule has 0 unspecified atom stereocenters. The average Bonchev–Trinajstić information content (AvgIpc) is 2.16. The van der Waals surface area contributed by atoms with Gasteiger partial charge in [-0.05, 0) is 0 Å². The summed E-state index contributed by atoms with van der Waals surface area (Å²) in [4.78, 5) is 0. The SMILES string of the molecule is CCCCC[CH2][In][CH2]CCCCC. The molecule has 1 heteroatoms. The summed E-state index contributed by atoms with van der Waals surface area (Å²) >= 11 is -0.0583. The normalized spacial score (nSPS) is 10.3. The maximum atomic E-state index is 2.30. The molecular weight excluding hydrogens is 259 g/mol. The van der Waals surface area contributed by atoms with Gasteiger partial charge in [0.15, 0.2) is 0 Å². The Hall–Kier alpha value is 0.870. The van der Waals surface area contributed by atoms with Crippen LogP contribution in [0.2, 0.25) is 8.35 Å². The van der Waals surface area contributed by atoms with E-state index < -0.39 is 0 Å². The Morgan fingerprint density at radius 3 is 1.46 bits per heavy atom. The van der Waals surface area contributed by atoms with Gasteiger partial charge in [0.1, 0.15) is 0 Å². The fourth-order valence-electron chi connectivity index (χ4n) is 1.58. The van der Waals surface area contributed by atoms with E-state index in [1.807, 2.05) is 0 Å². The Bertz CT molecular complexity index is 71.2. The minimum absolute atomic E-state index is 0.0583. The zero-order valence-electron chi connectivity index (χ0n) is 9.65. The molecule has 0 aliphatic carbocycles. The zero-order chi connectivity index (χ0) is 9.78. The second-order valence-electron chi connectivity index (χ2n) is 3.99. The van der Waals surface area contributed by atoms with Crippen LogP contribution in [0.5, 0.6) is 0 Å². The van der Waals surface area contributed by atoms with Gasteiger partial charge in [-0.2, -0.15) is 0 Å². The number of hydrogen-bond donors (Lipinski definition) is 0. The molecule has 0 saturated heterocycles. The maximum absolute atomic E-state index is 2.30. The summed E-state index contributed by atoms with van der Waals surface area (Å²) in [6.07, 6.45) is 11.9. The molecule has 0 aromatic carbocycles. The first-order valence-electron chi connectivity index (χ1n) is 6.23. The van der Waals surface area contributed by atoms with Gasteiger partial charge in [0.05, 0.1) is 0 Å². The third-order valence-corrected chi connectivity index (χ3v) is 7.18. The van der Waals surface area contributed by atoms with E-state index >= 15 is 0 Å². The molecule has 0 atom stereocenters. The van der Waals surface area contributed by atoms with Gasteiger partial charge >= 0.3 is 96.5 Å². The van der Waals surface area contributed by atoms with Crippen molar-refractivity contribution in [1.29, 1.82) is 0 Å². The van der Waals surface area contributed by atoms with Crippen LogP contribution in [0.15, 0.2) is 0 Å². The van der Waals surface area contributed by atoms with E-state index in [9.17, 15) is 0 Å². The molecule has 0 rings (SSSR count). The first-order chi connectivity index (χ1) is 6.41. The summed E-state index contributed by atoms with van der Waals surface area (Å²) < 4.78 is 3.34. The van der Waals surface area contributed by atoms with Crippen LogP contribution < -0.4 is 0 Å². The molecule has 0 spiro atoms. The first-order valence-corrected chi connectivity index (χ1v) is 10.9. The van der Waals surface area contributed by atoms with Crippen molar-refractivity contribution in [3.8, 4) is 0 Å². The van der Waals surface area contributed by atoms with Crippen LogP contribution in [0, 0.1) is 0 Å². The fourth-order valence-corrected chi connectivity index (χ4v) is 5.69. The van der Waals surface area contributed by atoms with E-state index in [-0.39, 0.29) is 22.9 Å². The Kier molecular flexibility index (Phi) is 13.7. The van der Waals surface area contributed by atoms with Crippen LogP contribution in [0.1, 0.15) is 65.2 Å². The number of unbranched alkanes of at least 4 members (excludes halogenated alkanes) is 6. The van der Waals surface area contributed by atoms with Gasteiger partial charge in [0.25, 0.3) is 0 Å². The zero-order valence-corrected chi connectivity index (χ0v) is 12.9. The van der Waals surface area contributed by atoms with Gasteiger partial charge in [-0.3, -0.25) is 0 Å². The van der Waals surface area contributed by atoms with E-state index in [1.54, 1.807) is 21.2 Å². The Labute approximate surface area is 96.2 Å². The van der Waals surface area contributed by atoms with Crippen LogP contribution in [-0.4, -0.2) is 22.9 Å². The Balaban J connectivity index is 2.76. The van der Waals surface area contributed by atoms with Gasteiger partial charge in [0, 0.05) is 0 Å². The second kappa shape index (κ2) is 12.9. The monoisotopic (exact) mass is 285 g/mol. The van der Waals surface area contributed by atoms with E-state index in [4.69, 9.17) is 0 Å². The van der Waals surface area contributed by atoms with Crippen molar-refractivity contribution in [3.63, 3.8) is 0 Å². The van der Waals surface area contributed by atoms with Gasteiger partial charge in [-0.25, -0.2) is 0 Å². The van der Waals surface area contributed by atoms with Gasteiger partial charge in [-0.15, -0.1) is 0 Å². The minimum atomic E-state index is -0.0583. The Morgan fingerprint density at radius 2 is 1.08 bits per heavy atom. The molecule has 0 aromatic heterocycles. The van der Waals surface area contributed by atoms with Crippen LogP contribution >= 0.6 is 0 Å². The molecule has 0 aliphatic heterocycles. The van der Waals surface area contributed by atoms with Crippen molar-refractivity contribution in [2.45, 2.75) is 73.6 Å². The predicted octanol–water partition coefficient (Wildman–Crippen LogP) is 4.69. The molecule has 0 N–H and O–H groups in total. The molecule has 0 nitrogen and oxygen atoms in total. The fraction of sp³-hybridized carbons (Fsp3) is 1.00. The van der Waals surface area contributed by atoms with E-state index in [0.29, 0.717) is 0 Å². The number of rotatable bonds is 10. The molecule has 0 saturated carbocycles. The first kappa shape index (κ1) is 13.9. The summed E-state index contributed by atoms with van der Waals surface area (Å²) in [5.41, 5.74) is 0. The second-order valence-corrected chi connectivity index (χ2v) is 8.93. The number of hydrogen-bond acceptors (Lipinski definition) is 0. The molecule has 1 radical (unpaired) electrons. The van der Waals surface area contributed by atoms with Crippen molar-refractivity contribution in [3.05, 3.63) is 0 Å². The molecule has 0 amide bonds. The standard InChI is InChI=1S/2C6H13.In/c2*1-3-5-6-4-2;/h2*1,3-6H2,2H3;. The topological polar surface area (TPSA) is 0 Å². The van der Waals surface area contributed by atoms with E-state index in [0.717, 1.165) is 0 Å². The van der Waals surface area contributed by atoms with Gasteiger partial charge in [-0.1, -0.05) is 0 Å². The molecule has 0 aliphatic rings. The molecule has 0 fully saturated rings. The van der Waals surface area contributed by atoms with Crippen LogP contribution in [0.25, 0.3) is 0 Å². The van der Waals surface area contributed by atoms with Crippen molar-refractivity contribution in [2.75, 3.05) is 0 Å². The average molecular weight is 285 g/mol. The molecule has 0 heterocycles. The molecule has 77 valence electrons. The third kappa shape index (κ3) is 12.9.